The van der Waals surface area contributed by atoms with Crippen molar-refractivity contribution in [2.24, 2.45) is 7.05 Å². The number of amides is 2. The molecule has 0 unspecified atom stereocenters. The van der Waals surface area contributed by atoms with Gasteiger partial charge in [0.25, 0.3) is 11.8 Å². The molecule has 0 radical (unpaired) electrons. The van der Waals surface area contributed by atoms with Crippen LogP contribution in [0.25, 0.3) is 0 Å². The van der Waals surface area contributed by atoms with Crippen molar-refractivity contribution in [3.8, 4) is 17.2 Å². The van der Waals surface area contributed by atoms with Gasteiger partial charge in [0.05, 0.1) is 11.7 Å². The number of ether oxygens (including phenoxy) is 3. The van der Waals surface area contributed by atoms with Crippen molar-refractivity contribution in [1.82, 2.24) is 14.7 Å². The minimum Gasteiger partial charge on any atom is -0.487 e. The summed E-state index contributed by atoms with van der Waals surface area (Å²) in [5, 5.41) is 6.93. The number of aryl methyl sites for hydroxylation is 1. The molecule has 0 spiro atoms. The second-order valence-corrected chi connectivity index (χ2v) is 9.96. The predicted octanol–water partition coefficient (Wildman–Crippen LogP) is 4.18. The Morgan fingerprint density at radius 3 is 2.70 bits per heavy atom. The number of aromatic nitrogens is 2. The Labute approximate surface area is 214 Å². The second-order valence-electron chi connectivity index (χ2n) is 9.96. The highest BCUT2D eigenvalue weighted by atomic mass is 19.1. The first-order valence-electron chi connectivity index (χ1n) is 12.1. The predicted molar refractivity (Wildman–Crippen MR) is 134 cm³/mol. The van der Waals surface area contributed by atoms with Gasteiger partial charge in [-0.3, -0.25) is 14.3 Å². The first-order chi connectivity index (χ1) is 17.6. The SMILES string of the molecule is CO[C@@H]1CCN(C(=O)c2ccc(Oc3cc(C(=O)Nc4ccn(C)n4)cc4c3CC(C)(C)O4)cc2F)C1. The average Bonchev–Trinajstić information content (AvgIpc) is 3.56. The monoisotopic (exact) mass is 508 g/mol. The summed E-state index contributed by atoms with van der Waals surface area (Å²) in [5.74, 6) is 0.0893. The van der Waals surface area contributed by atoms with Crippen molar-refractivity contribution in [3.63, 3.8) is 0 Å². The number of nitrogens with one attached hydrogen (secondary N) is 1. The maximum atomic E-state index is 15.0. The normalized spacial score (nSPS) is 17.9. The van der Waals surface area contributed by atoms with Crippen molar-refractivity contribution < 1.29 is 28.2 Å². The molecule has 194 valence electrons. The number of carbonyl (C=O) groups excluding carboxylic acids is 2. The molecule has 3 heterocycles. The van der Waals surface area contributed by atoms with Crippen LogP contribution in [0, 0.1) is 5.82 Å². The number of carbonyl (C=O) groups is 2. The number of methoxy groups -OCH3 is 1. The highest BCUT2D eigenvalue weighted by molar-refractivity contribution is 6.04. The first-order valence-corrected chi connectivity index (χ1v) is 12.1. The fraction of sp³-hybridized carbons (Fsp3) is 0.370. The maximum absolute atomic E-state index is 15.0. The van der Waals surface area contributed by atoms with Crippen molar-refractivity contribution in [2.45, 2.75) is 38.4 Å². The standard InChI is InChI=1S/C27H29FN4O5/c1-27(2)14-20-22(11-16(12-23(20)37-27)25(33)29-24-8-9-31(3)30-24)36-17-5-6-19(21(28)13-17)26(34)32-10-7-18(15-32)35-4/h5-6,8-9,11-13,18H,7,10,14-15H2,1-4H3,(H,29,30,33)/t18-/m1/s1. The Bertz CT molecular complexity index is 1370. The molecule has 0 saturated carbocycles. The molecule has 2 aromatic carbocycles. The highest BCUT2D eigenvalue weighted by Crippen LogP contribution is 2.43. The smallest absolute Gasteiger partial charge is 0.257 e. The third kappa shape index (κ3) is 5.15. The van der Waals surface area contributed by atoms with E-state index >= 15 is 4.39 Å². The largest absolute Gasteiger partial charge is 0.487 e. The highest BCUT2D eigenvalue weighted by Gasteiger charge is 2.34. The zero-order valence-corrected chi connectivity index (χ0v) is 21.2. The second kappa shape index (κ2) is 9.51. The van der Waals surface area contributed by atoms with Gasteiger partial charge in [-0.05, 0) is 44.5 Å². The van der Waals surface area contributed by atoms with Crippen molar-refractivity contribution in [1.29, 1.82) is 0 Å². The summed E-state index contributed by atoms with van der Waals surface area (Å²) in [6.45, 7) is 4.83. The lowest BCUT2D eigenvalue weighted by Gasteiger charge is -2.17. The number of hydrogen-bond donors (Lipinski definition) is 1. The summed E-state index contributed by atoms with van der Waals surface area (Å²) in [4.78, 5) is 27.4. The minimum atomic E-state index is -0.680. The molecule has 2 amide bonds. The molecular weight excluding hydrogens is 479 g/mol. The van der Waals surface area contributed by atoms with E-state index in [1.54, 1.807) is 54.2 Å². The van der Waals surface area contributed by atoms with Gasteiger partial charge in [-0.1, -0.05) is 0 Å². The molecule has 1 aromatic heterocycles. The fourth-order valence-corrected chi connectivity index (χ4v) is 4.67. The summed E-state index contributed by atoms with van der Waals surface area (Å²) in [5.41, 5.74) is 0.574. The zero-order valence-electron chi connectivity index (χ0n) is 21.2. The van der Waals surface area contributed by atoms with Crippen LogP contribution >= 0.6 is 0 Å². The molecule has 37 heavy (non-hydrogen) atoms. The molecule has 1 N–H and O–H groups in total. The lowest BCUT2D eigenvalue weighted by atomic mass is 9.99. The molecule has 1 atom stereocenters. The van der Waals surface area contributed by atoms with Gasteiger partial charge in [-0.15, -0.1) is 0 Å². The van der Waals surface area contributed by atoms with Gasteiger partial charge in [-0.25, -0.2) is 4.39 Å². The van der Waals surface area contributed by atoms with Crippen molar-refractivity contribution >= 4 is 17.6 Å². The summed E-state index contributed by atoms with van der Waals surface area (Å²) in [7, 11) is 3.36. The Morgan fingerprint density at radius 2 is 2.03 bits per heavy atom. The first kappa shape index (κ1) is 24.8. The number of rotatable bonds is 6. The van der Waals surface area contributed by atoms with E-state index in [-0.39, 0.29) is 29.2 Å². The van der Waals surface area contributed by atoms with Gasteiger partial charge in [0.15, 0.2) is 5.82 Å². The maximum Gasteiger partial charge on any atom is 0.257 e. The van der Waals surface area contributed by atoms with Gasteiger partial charge < -0.3 is 24.4 Å². The Morgan fingerprint density at radius 1 is 1.22 bits per heavy atom. The van der Waals surface area contributed by atoms with E-state index in [4.69, 9.17) is 14.2 Å². The third-order valence-corrected chi connectivity index (χ3v) is 6.54. The average molecular weight is 509 g/mol. The van der Waals surface area contributed by atoms with E-state index in [0.29, 0.717) is 42.4 Å². The molecular formula is C27H29FN4O5. The van der Waals surface area contributed by atoms with Crippen LogP contribution in [-0.4, -0.2) is 58.4 Å². The summed E-state index contributed by atoms with van der Waals surface area (Å²) >= 11 is 0. The van der Waals surface area contributed by atoms with Crippen molar-refractivity contribution in [2.75, 3.05) is 25.5 Å². The molecule has 1 saturated heterocycles. The fourth-order valence-electron chi connectivity index (χ4n) is 4.67. The van der Waals surface area contributed by atoms with Gasteiger partial charge >= 0.3 is 0 Å². The number of hydrogen-bond acceptors (Lipinski definition) is 6. The van der Waals surface area contributed by atoms with E-state index in [1.165, 1.54) is 12.1 Å². The van der Waals surface area contributed by atoms with Gasteiger partial charge in [-0.2, -0.15) is 5.10 Å². The van der Waals surface area contributed by atoms with E-state index in [9.17, 15) is 9.59 Å². The number of fused-ring (bicyclic) bond motifs is 1. The molecule has 3 aromatic rings. The number of nitrogens with zero attached hydrogens (tertiary/aromatic N) is 3. The Kier molecular flexibility index (Phi) is 6.36. The van der Waals surface area contributed by atoms with Gasteiger partial charge in [0, 0.05) is 63.1 Å². The van der Waals surface area contributed by atoms with Crippen LogP contribution in [-0.2, 0) is 18.2 Å². The molecule has 0 aliphatic carbocycles. The molecule has 2 aliphatic heterocycles. The summed E-state index contributed by atoms with van der Waals surface area (Å²) in [6, 6.07) is 9.12. The number of likely N-dealkylation sites (tertiary alicyclic amines) is 1. The zero-order chi connectivity index (χ0) is 26.3. The summed E-state index contributed by atoms with van der Waals surface area (Å²) in [6.07, 6.45) is 2.96. The lowest BCUT2D eigenvalue weighted by Crippen LogP contribution is -2.30. The molecule has 2 aliphatic rings. The molecule has 0 bridgehead atoms. The third-order valence-electron chi connectivity index (χ3n) is 6.54. The quantitative estimate of drug-likeness (QED) is 0.537. The van der Waals surface area contributed by atoms with E-state index in [0.717, 1.165) is 12.0 Å². The Hall–Kier alpha value is -3.92. The topological polar surface area (TPSA) is 94.9 Å². The lowest BCUT2D eigenvalue weighted by molar-refractivity contribution is 0.0720. The summed E-state index contributed by atoms with van der Waals surface area (Å²) < 4.78 is 34.0. The van der Waals surface area contributed by atoms with Crippen LogP contribution in [0.5, 0.6) is 17.2 Å². The van der Waals surface area contributed by atoms with Crippen LogP contribution in [0.4, 0.5) is 10.2 Å². The number of benzene rings is 2. The van der Waals surface area contributed by atoms with E-state index in [1.807, 2.05) is 13.8 Å². The molecule has 10 heteroatoms. The molecule has 1 fully saturated rings. The van der Waals surface area contributed by atoms with Crippen LogP contribution in [0.1, 0.15) is 46.5 Å². The van der Waals surface area contributed by atoms with Crippen LogP contribution in [0.2, 0.25) is 0 Å². The van der Waals surface area contributed by atoms with Gasteiger partial charge in [0.2, 0.25) is 0 Å². The van der Waals surface area contributed by atoms with Crippen molar-refractivity contribution in [3.05, 3.63) is 65.1 Å². The van der Waals surface area contributed by atoms with Gasteiger partial charge in [0.1, 0.15) is 28.7 Å². The minimum absolute atomic E-state index is 0.0257. The number of anilines is 1. The number of halogens is 1. The van der Waals surface area contributed by atoms with Crippen LogP contribution in [0.15, 0.2) is 42.6 Å². The Balaban J connectivity index is 1.40. The van der Waals surface area contributed by atoms with Crippen LogP contribution in [0.3, 0.4) is 0 Å². The van der Waals surface area contributed by atoms with E-state index < -0.39 is 11.4 Å². The van der Waals surface area contributed by atoms with E-state index in [2.05, 4.69) is 10.4 Å². The molecule has 5 rings (SSSR count). The van der Waals surface area contributed by atoms with Crippen LogP contribution < -0.4 is 14.8 Å². The molecule has 9 nitrogen and oxygen atoms in total.